The van der Waals surface area contributed by atoms with Crippen LogP contribution in [0.5, 0.6) is 11.6 Å². The molecule has 2 amide bonds. The van der Waals surface area contributed by atoms with Crippen LogP contribution < -0.4 is 20.5 Å². The highest BCUT2D eigenvalue weighted by molar-refractivity contribution is 7.19. The number of hydrogen-bond acceptors (Lipinski definition) is 6. The molecular weight excluding hydrogens is 318 g/mol. The molecule has 2 aromatic heterocycles. The highest BCUT2D eigenvalue weighted by atomic mass is 32.1. The van der Waals surface area contributed by atoms with Gasteiger partial charge in [-0.15, -0.1) is 11.3 Å². The average molecular weight is 335 g/mol. The number of ether oxygens (including phenoxy) is 2. The van der Waals surface area contributed by atoms with Crippen LogP contribution in [0.1, 0.15) is 28.1 Å². The molecule has 7 nitrogen and oxygen atoms in total. The van der Waals surface area contributed by atoms with Gasteiger partial charge < -0.3 is 20.5 Å². The Hall–Kier alpha value is -2.35. The zero-order valence-electron chi connectivity index (χ0n) is 12.8. The molecule has 23 heavy (non-hydrogen) atoms. The Kier molecular flexibility index (Phi) is 4.08. The molecule has 0 radical (unpaired) electrons. The van der Waals surface area contributed by atoms with Crippen molar-refractivity contribution in [2.45, 2.75) is 25.8 Å². The molecule has 1 atom stereocenters. The second kappa shape index (κ2) is 6.04. The van der Waals surface area contributed by atoms with Crippen molar-refractivity contribution in [2.75, 3.05) is 13.7 Å². The minimum Gasteiger partial charge on any atom is -0.488 e. The molecular formula is C15H17N3O4S. The number of rotatable bonds is 5. The Labute approximate surface area is 136 Å². The minimum atomic E-state index is -0.585. The minimum absolute atomic E-state index is 0.0173. The van der Waals surface area contributed by atoms with Crippen LogP contribution in [-0.4, -0.2) is 36.6 Å². The Morgan fingerprint density at radius 2 is 2.35 bits per heavy atom. The number of aromatic nitrogens is 1. The molecule has 1 aliphatic heterocycles. The predicted octanol–water partition coefficient (Wildman–Crippen LogP) is 1.37. The van der Waals surface area contributed by atoms with Gasteiger partial charge in [0.25, 0.3) is 5.91 Å². The van der Waals surface area contributed by atoms with Gasteiger partial charge in [-0.1, -0.05) is 0 Å². The first kappa shape index (κ1) is 15.5. The molecule has 1 aliphatic rings. The number of nitrogens with one attached hydrogen (secondary N) is 1. The van der Waals surface area contributed by atoms with E-state index in [4.69, 9.17) is 15.2 Å². The number of methoxy groups -OCH3 is 1. The summed E-state index contributed by atoms with van der Waals surface area (Å²) in [6, 6.07) is 1.69. The van der Waals surface area contributed by atoms with Crippen molar-refractivity contribution in [1.82, 2.24) is 10.3 Å². The smallest absolute Gasteiger partial charge is 0.254 e. The maximum absolute atomic E-state index is 11.5. The Balaban J connectivity index is 1.92. The molecule has 3 heterocycles. The number of fused-ring (bicyclic) bond motifs is 1. The third-order valence-electron chi connectivity index (χ3n) is 3.72. The molecule has 3 rings (SSSR count). The number of pyridine rings is 1. The van der Waals surface area contributed by atoms with Gasteiger partial charge in [0.05, 0.1) is 17.9 Å². The number of nitrogens with zero attached hydrogens (tertiary/aromatic N) is 1. The average Bonchev–Trinajstić information content (AvgIpc) is 3.06. The van der Waals surface area contributed by atoms with Crippen molar-refractivity contribution < 1.29 is 19.1 Å². The maximum atomic E-state index is 11.5. The summed E-state index contributed by atoms with van der Waals surface area (Å²) in [6.45, 7) is 2.31. The normalized spacial score (nSPS) is 17.3. The molecule has 1 fully saturated rings. The highest BCUT2D eigenvalue weighted by Gasteiger charge is 2.23. The van der Waals surface area contributed by atoms with E-state index in [1.165, 1.54) is 18.4 Å². The molecule has 0 bridgehead atoms. The fourth-order valence-corrected chi connectivity index (χ4v) is 3.57. The van der Waals surface area contributed by atoms with Gasteiger partial charge in [0, 0.05) is 11.3 Å². The third kappa shape index (κ3) is 2.94. The topological polar surface area (TPSA) is 104 Å². The van der Waals surface area contributed by atoms with Crippen LogP contribution in [0.25, 0.3) is 10.2 Å². The van der Waals surface area contributed by atoms with E-state index < -0.39 is 5.91 Å². The molecule has 122 valence electrons. The number of primary amides is 1. The van der Waals surface area contributed by atoms with Crippen LogP contribution in [0.4, 0.5) is 0 Å². The number of amides is 2. The first-order valence-corrected chi connectivity index (χ1v) is 8.01. The lowest BCUT2D eigenvalue weighted by Crippen LogP contribution is -2.30. The van der Waals surface area contributed by atoms with E-state index in [9.17, 15) is 9.59 Å². The Morgan fingerprint density at radius 3 is 2.96 bits per heavy atom. The van der Waals surface area contributed by atoms with Crippen LogP contribution in [-0.2, 0) is 4.79 Å². The maximum Gasteiger partial charge on any atom is 0.254 e. The van der Waals surface area contributed by atoms with E-state index in [0.717, 1.165) is 16.0 Å². The summed E-state index contributed by atoms with van der Waals surface area (Å²) in [7, 11) is 1.44. The molecule has 1 saturated heterocycles. The lowest BCUT2D eigenvalue weighted by molar-refractivity contribution is -0.119. The van der Waals surface area contributed by atoms with E-state index >= 15 is 0 Å². The van der Waals surface area contributed by atoms with Gasteiger partial charge in [-0.25, -0.2) is 4.98 Å². The van der Waals surface area contributed by atoms with Gasteiger partial charge in [0.15, 0.2) is 5.75 Å². The predicted molar refractivity (Wildman–Crippen MR) is 86.1 cm³/mol. The Bertz CT molecular complexity index is 787. The van der Waals surface area contributed by atoms with Gasteiger partial charge in [-0.3, -0.25) is 9.59 Å². The summed E-state index contributed by atoms with van der Waals surface area (Å²) in [5.74, 6) is 0.303. The first-order chi connectivity index (χ1) is 11.0. The zero-order chi connectivity index (χ0) is 16.6. The summed E-state index contributed by atoms with van der Waals surface area (Å²) in [5, 5.41) is 2.86. The van der Waals surface area contributed by atoms with E-state index in [2.05, 4.69) is 10.3 Å². The number of nitrogens with two attached hydrogens (primary N) is 1. The van der Waals surface area contributed by atoms with Crippen LogP contribution in [0.2, 0.25) is 0 Å². The number of aryl methyl sites for hydroxylation is 1. The molecule has 2 aromatic rings. The SMILES string of the molecule is COc1nc2c(OCC3CCC(=O)N3)c(C)sc2cc1C(N)=O. The summed E-state index contributed by atoms with van der Waals surface area (Å²) >= 11 is 1.47. The third-order valence-corrected chi connectivity index (χ3v) is 4.75. The quantitative estimate of drug-likeness (QED) is 0.859. The number of carbonyl (C=O) groups excluding carboxylic acids is 2. The monoisotopic (exact) mass is 335 g/mol. The second-order valence-electron chi connectivity index (χ2n) is 5.36. The zero-order valence-corrected chi connectivity index (χ0v) is 13.7. The molecule has 0 aliphatic carbocycles. The van der Waals surface area contributed by atoms with Gasteiger partial charge in [-0.05, 0) is 19.4 Å². The van der Waals surface area contributed by atoms with Crippen LogP contribution >= 0.6 is 11.3 Å². The van der Waals surface area contributed by atoms with Crippen molar-refractivity contribution in [3.63, 3.8) is 0 Å². The van der Waals surface area contributed by atoms with Crippen molar-refractivity contribution in [1.29, 1.82) is 0 Å². The van der Waals surface area contributed by atoms with Crippen molar-refractivity contribution >= 4 is 33.4 Å². The summed E-state index contributed by atoms with van der Waals surface area (Å²) in [6.07, 6.45) is 1.30. The number of thiophene rings is 1. The Morgan fingerprint density at radius 1 is 1.57 bits per heavy atom. The molecule has 0 aromatic carbocycles. The summed E-state index contributed by atoms with van der Waals surface area (Å²) in [5.41, 5.74) is 6.24. The molecule has 0 saturated carbocycles. The van der Waals surface area contributed by atoms with Crippen molar-refractivity contribution in [2.24, 2.45) is 5.73 Å². The fraction of sp³-hybridized carbons (Fsp3) is 0.400. The lowest BCUT2D eigenvalue weighted by atomic mass is 10.2. The van der Waals surface area contributed by atoms with Crippen LogP contribution in [0, 0.1) is 6.92 Å². The van der Waals surface area contributed by atoms with E-state index in [0.29, 0.717) is 24.3 Å². The van der Waals surface area contributed by atoms with Gasteiger partial charge in [0.1, 0.15) is 17.7 Å². The number of hydrogen-bond donors (Lipinski definition) is 2. The van der Waals surface area contributed by atoms with Crippen molar-refractivity contribution in [3.05, 3.63) is 16.5 Å². The molecule has 0 spiro atoms. The molecule has 3 N–H and O–H groups in total. The van der Waals surface area contributed by atoms with E-state index in [1.807, 2.05) is 6.92 Å². The summed E-state index contributed by atoms with van der Waals surface area (Å²) < 4.78 is 11.8. The summed E-state index contributed by atoms with van der Waals surface area (Å²) in [4.78, 5) is 28.0. The van der Waals surface area contributed by atoms with E-state index in [1.54, 1.807) is 6.07 Å². The molecule has 8 heteroatoms. The second-order valence-corrected chi connectivity index (χ2v) is 6.61. The number of carbonyl (C=O) groups is 2. The van der Waals surface area contributed by atoms with Gasteiger partial charge in [-0.2, -0.15) is 0 Å². The van der Waals surface area contributed by atoms with Crippen LogP contribution in [0.15, 0.2) is 6.07 Å². The molecule has 1 unspecified atom stereocenters. The van der Waals surface area contributed by atoms with Gasteiger partial charge >= 0.3 is 0 Å². The largest absolute Gasteiger partial charge is 0.488 e. The first-order valence-electron chi connectivity index (χ1n) is 7.19. The fourth-order valence-electron chi connectivity index (χ4n) is 2.58. The van der Waals surface area contributed by atoms with Crippen molar-refractivity contribution in [3.8, 4) is 11.6 Å². The highest BCUT2D eigenvalue weighted by Crippen LogP contribution is 2.38. The van der Waals surface area contributed by atoms with Crippen LogP contribution in [0.3, 0.4) is 0 Å². The van der Waals surface area contributed by atoms with Gasteiger partial charge in [0.2, 0.25) is 11.8 Å². The van der Waals surface area contributed by atoms with E-state index in [-0.39, 0.29) is 23.4 Å². The standard InChI is InChI=1S/C15H17N3O4S/c1-7-13(22-6-8-3-4-11(19)17-8)12-10(23-7)5-9(14(16)20)15(18-12)21-2/h5,8H,3-4,6H2,1-2H3,(H2,16,20)(H,17,19). The lowest BCUT2D eigenvalue weighted by Gasteiger charge is -2.12.